The van der Waals surface area contributed by atoms with Crippen molar-refractivity contribution in [1.29, 1.82) is 0 Å². The summed E-state index contributed by atoms with van der Waals surface area (Å²) in [6.07, 6.45) is 2.54. The van der Waals surface area contributed by atoms with E-state index in [0.717, 1.165) is 5.82 Å². The maximum atomic E-state index is 11.7. The number of urea groups is 1. The molecule has 0 aliphatic carbocycles. The van der Waals surface area contributed by atoms with Crippen molar-refractivity contribution in [2.24, 2.45) is 5.41 Å². The smallest absolute Gasteiger partial charge is 0.319 e. The van der Waals surface area contributed by atoms with Gasteiger partial charge in [-0.25, -0.2) is 14.8 Å². The number of hydrogen-bond donors (Lipinski definition) is 3. The third-order valence-electron chi connectivity index (χ3n) is 3.04. The molecule has 1 heterocycles. The monoisotopic (exact) mass is 294 g/mol. The topological polar surface area (TPSA) is 87.1 Å². The normalized spacial score (nSPS) is 13.7. The summed E-state index contributed by atoms with van der Waals surface area (Å²) in [5, 5.41) is 15.1. The van der Waals surface area contributed by atoms with Gasteiger partial charge in [-0.15, -0.1) is 0 Å². The number of nitrogens with zero attached hydrogens (tertiary/aromatic N) is 2. The molecule has 1 rings (SSSR count). The van der Waals surface area contributed by atoms with Crippen LogP contribution in [0.2, 0.25) is 0 Å². The Balaban J connectivity index is 2.52. The van der Waals surface area contributed by atoms with Crippen molar-refractivity contribution in [3.63, 3.8) is 0 Å². The van der Waals surface area contributed by atoms with E-state index in [1.54, 1.807) is 12.4 Å². The first-order valence-corrected chi connectivity index (χ1v) is 7.05. The minimum absolute atomic E-state index is 0.127. The zero-order valence-electron chi connectivity index (χ0n) is 13.7. The van der Waals surface area contributed by atoms with E-state index in [4.69, 9.17) is 0 Å². The summed E-state index contributed by atoms with van der Waals surface area (Å²) >= 11 is 0. The minimum Gasteiger partial charge on any atom is -0.391 e. The Labute approximate surface area is 126 Å². The zero-order chi connectivity index (χ0) is 16.3. The van der Waals surface area contributed by atoms with Crippen LogP contribution in [-0.4, -0.2) is 33.8 Å². The Morgan fingerprint density at radius 1 is 1.19 bits per heavy atom. The van der Waals surface area contributed by atoms with E-state index in [0.29, 0.717) is 5.69 Å². The van der Waals surface area contributed by atoms with Crippen molar-refractivity contribution in [2.75, 3.05) is 11.9 Å². The molecular weight excluding hydrogens is 268 g/mol. The lowest BCUT2D eigenvalue weighted by Gasteiger charge is -2.25. The Kier molecular flexibility index (Phi) is 5.28. The summed E-state index contributed by atoms with van der Waals surface area (Å²) in [7, 11) is 0. The summed E-state index contributed by atoms with van der Waals surface area (Å²) < 4.78 is 0. The van der Waals surface area contributed by atoms with E-state index in [1.165, 1.54) is 0 Å². The van der Waals surface area contributed by atoms with Crippen molar-refractivity contribution < 1.29 is 9.90 Å². The number of amides is 2. The Morgan fingerprint density at radius 3 is 2.14 bits per heavy atom. The van der Waals surface area contributed by atoms with Crippen LogP contribution in [0.5, 0.6) is 0 Å². The van der Waals surface area contributed by atoms with Gasteiger partial charge in [-0.3, -0.25) is 0 Å². The van der Waals surface area contributed by atoms with Crippen LogP contribution in [0.25, 0.3) is 0 Å². The second-order valence-corrected chi connectivity index (χ2v) is 7.26. The Hall–Kier alpha value is -1.69. The predicted octanol–water partition coefficient (Wildman–Crippen LogP) is 2.30. The van der Waals surface area contributed by atoms with Gasteiger partial charge in [0.2, 0.25) is 0 Å². The standard InChI is InChI=1S/C15H26N4O2/c1-14(2,3)11(20)9-18-13(21)19-10-7-16-12(17-8-10)15(4,5)6/h7-8,11,20H,9H2,1-6H3,(H2,18,19,21). The first-order valence-electron chi connectivity index (χ1n) is 7.05. The van der Waals surface area contributed by atoms with Crippen LogP contribution in [0, 0.1) is 5.41 Å². The first-order chi connectivity index (χ1) is 9.50. The van der Waals surface area contributed by atoms with Crippen LogP contribution in [0.3, 0.4) is 0 Å². The molecule has 21 heavy (non-hydrogen) atoms. The molecule has 0 saturated heterocycles. The van der Waals surface area contributed by atoms with E-state index in [2.05, 4.69) is 20.6 Å². The highest BCUT2D eigenvalue weighted by Gasteiger charge is 2.22. The van der Waals surface area contributed by atoms with Gasteiger partial charge < -0.3 is 15.7 Å². The SMILES string of the molecule is CC(C)(C)c1ncc(NC(=O)NCC(O)C(C)(C)C)cn1. The minimum atomic E-state index is -0.609. The summed E-state index contributed by atoms with van der Waals surface area (Å²) in [6.45, 7) is 12.0. The highest BCUT2D eigenvalue weighted by atomic mass is 16.3. The van der Waals surface area contributed by atoms with E-state index >= 15 is 0 Å². The summed E-state index contributed by atoms with van der Waals surface area (Å²) in [5.74, 6) is 0.719. The van der Waals surface area contributed by atoms with E-state index in [1.807, 2.05) is 41.5 Å². The van der Waals surface area contributed by atoms with Crippen molar-refractivity contribution >= 4 is 11.7 Å². The van der Waals surface area contributed by atoms with Gasteiger partial charge in [0.05, 0.1) is 24.2 Å². The third kappa shape index (κ3) is 5.67. The molecule has 0 aliphatic rings. The number of carbonyl (C=O) groups excluding carboxylic acids is 1. The van der Waals surface area contributed by atoms with Gasteiger partial charge >= 0.3 is 6.03 Å². The molecule has 1 aromatic heterocycles. The van der Waals surface area contributed by atoms with Crippen LogP contribution in [0.4, 0.5) is 10.5 Å². The van der Waals surface area contributed by atoms with Crippen LogP contribution in [0.1, 0.15) is 47.4 Å². The number of rotatable bonds is 3. The molecule has 1 atom stereocenters. The maximum Gasteiger partial charge on any atom is 0.319 e. The van der Waals surface area contributed by atoms with Crippen LogP contribution >= 0.6 is 0 Å². The number of carbonyl (C=O) groups is 1. The second kappa shape index (κ2) is 6.39. The van der Waals surface area contributed by atoms with Gasteiger partial charge in [0.25, 0.3) is 0 Å². The number of aromatic nitrogens is 2. The van der Waals surface area contributed by atoms with Crippen molar-refractivity contribution in [1.82, 2.24) is 15.3 Å². The van der Waals surface area contributed by atoms with Crippen LogP contribution in [0.15, 0.2) is 12.4 Å². The van der Waals surface area contributed by atoms with Crippen LogP contribution < -0.4 is 10.6 Å². The van der Waals surface area contributed by atoms with Gasteiger partial charge in [-0.2, -0.15) is 0 Å². The fourth-order valence-electron chi connectivity index (χ4n) is 1.45. The highest BCUT2D eigenvalue weighted by Crippen LogP contribution is 2.19. The van der Waals surface area contributed by atoms with Crippen LogP contribution in [-0.2, 0) is 5.41 Å². The average Bonchev–Trinajstić information content (AvgIpc) is 2.34. The molecule has 6 nitrogen and oxygen atoms in total. The lowest BCUT2D eigenvalue weighted by atomic mass is 9.89. The van der Waals surface area contributed by atoms with E-state index < -0.39 is 6.10 Å². The molecule has 1 unspecified atom stereocenters. The molecule has 1 aromatic rings. The quantitative estimate of drug-likeness (QED) is 0.798. The molecule has 3 N–H and O–H groups in total. The van der Waals surface area contributed by atoms with Crippen molar-refractivity contribution in [2.45, 2.75) is 53.1 Å². The number of aliphatic hydroxyl groups excluding tert-OH is 1. The maximum absolute atomic E-state index is 11.7. The van der Waals surface area contributed by atoms with E-state index in [9.17, 15) is 9.90 Å². The molecule has 0 bridgehead atoms. The zero-order valence-corrected chi connectivity index (χ0v) is 13.7. The summed E-state index contributed by atoms with van der Waals surface area (Å²) in [4.78, 5) is 20.2. The van der Waals surface area contributed by atoms with Gasteiger partial charge in [0.15, 0.2) is 0 Å². The first kappa shape index (κ1) is 17.4. The molecule has 0 fully saturated rings. The number of anilines is 1. The molecule has 6 heteroatoms. The van der Waals surface area contributed by atoms with Gasteiger partial charge in [-0.1, -0.05) is 41.5 Å². The lowest BCUT2D eigenvalue weighted by molar-refractivity contribution is 0.0654. The number of aliphatic hydroxyl groups is 1. The second-order valence-electron chi connectivity index (χ2n) is 7.26. The molecule has 0 aromatic carbocycles. The summed E-state index contributed by atoms with van der Waals surface area (Å²) in [6, 6.07) is -0.384. The number of hydrogen-bond acceptors (Lipinski definition) is 4. The predicted molar refractivity (Wildman–Crippen MR) is 83.2 cm³/mol. The molecule has 0 saturated carbocycles. The fraction of sp³-hybridized carbons (Fsp3) is 0.667. The van der Waals surface area contributed by atoms with Crippen molar-refractivity contribution in [3.05, 3.63) is 18.2 Å². The molecule has 0 radical (unpaired) electrons. The van der Waals surface area contributed by atoms with Gasteiger partial charge in [0.1, 0.15) is 5.82 Å². The van der Waals surface area contributed by atoms with Gasteiger partial charge in [-0.05, 0) is 5.41 Å². The average molecular weight is 294 g/mol. The lowest BCUT2D eigenvalue weighted by Crippen LogP contribution is -2.40. The molecule has 0 aliphatic heterocycles. The third-order valence-corrected chi connectivity index (χ3v) is 3.04. The fourth-order valence-corrected chi connectivity index (χ4v) is 1.45. The summed E-state index contributed by atoms with van der Waals surface area (Å²) in [5.41, 5.74) is 0.119. The molecule has 118 valence electrons. The van der Waals surface area contributed by atoms with Gasteiger partial charge in [0, 0.05) is 12.0 Å². The Bertz CT molecular complexity index is 472. The molecule has 0 spiro atoms. The Morgan fingerprint density at radius 2 is 1.71 bits per heavy atom. The van der Waals surface area contributed by atoms with Crippen molar-refractivity contribution in [3.8, 4) is 0 Å². The molecular formula is C15H26N4O2. The van der Waals surface area contributed by atoms with E-state index in [-0.39, 0.29) is 23.4 Å². The highest BCUT2D eigenvalue weighted by molar-refractivity contribution is 5.88. The number of nitrogens with one attached hydrogen (secondary N) is 2. The molecule has 2 amide bonds. The largest absolute Gasteiger partial charge is 0.391 e.